The summed E-state index contributed by atoms with van der Waals surface area (Å²) in [5.41, 5.74) is 0.308. The molecular weight excluding hydrogens is 372 g/mol. The van der Waals surface area contributed by atoms with Crippen LogP contribution in [0.3, 0.4) is 0 Å². The summed E-state index contributed by atoms with van der Waals surface area (Å²) >= 11 is 0. The quantitative estimate of drug-likeness (QED) is 0.717. The Morgan fingerprint density at radius 1 is 1.24 bits per heavy atom. The molecule has 148 valence electrons. The number of ether oxygens (including phenoxy) is 1. The number of carbonyl (C=O) groups is 1. The van der Waals surface area contributed by atoms with Crippen molar-refractivity contribution in [2.24, 2.45) is 0 Å². The van der Waals surface area contributed by atoms with Crippen molar-refractivity contribution >= 4 is 5.91 Å². The number of rotatable bonds is 4. The van der Waals surface area contributed by atoms with E-state index in [-0.39, 0.29) is 17.3 Å². The second kappa shape index (κ2) is 7.42. The number of carbonyl (C=O) groups excluding carboxylic acids is 1. The number of aromatic nitrogens is 5. The third-order valence-electron chi connectivity index (χ3n) is 5.00. The summed E-state index contributed by atoms with van der Waals surface area (Å²) in [7, 11) is 1.46. The van der Waals surface area contributed by atoms with Crippen molar-refractivity contribution in [1.82, 2.24) is 29.8 Å². The molecule has 1 unspecified atom stereocenters. The maximum absolute atomic E-state index is 13.0. The van der Waals surface area contributed by atoms with E-state index in [4.69, 9.17) is 9.72 Å². The van der Waals surface area contributed by atoms with Crippen LogP contribution in [0.5, 0.6) is 5.88 Å². The molecule has 1 amide bonds. The zero-order valence-electron chi connectivity index (χ0n) is 16.1. The minimum Gasteiger partial charge on any atom is -0.480 e. The summed E-state index contributed by atoms with van der Waals surface area (Å²) in [6.07, 6.45) is 5.94. The average molecular weight is 392 g/mol. The van der Waals surface area contributed by atoms with Crippen LogP contribution in [-0.2, 0) is 12.1 Å². The van der Waals surface area contributed by atoms with Gasteiger partial charge < -0.3 is 10.1 Å². The molecule has 1 aliphatic rings. The van der Waals surface area contributed by atoms with E-state index in [0.29, 0.717) is 35.7 Å². The Hall–Kier alpha value is -3.62. The first-order chi connectivity index (χ1) is 14.0. The Morgan fingerprint density at radius 2 is 2.10 bits per heavy atom. The zero-order valence-corrected chi connectivity index (χ0v) is 16.1. The van der Waals surface area contributed by atoms with Gasteiger partial charge in [-0.25, -0.2) is 19.9 Å². The summed E-state index contributed by atoms with van der Waals surface area (Å²) < 4.78 is 6.80. The fourth-order valence-corrected chi connectivity index (χ4v) is 3.58. The molecule has 0 saturated heterocycles. The van der Waals surface area contributed by atoms with Gasteiger partial charge in [0.2, 0.25) is 5.88 Å². The first kappa shape index (κ1) is 18.7. The molecule has 0 spiro atoms. The summed E-state index contributed by atoms with van der Waals surface area (Å²) in [5.74, 6) is 0.401. The van der Waals surface area contributed by atoms with Crippen LogP contribution in [0, 0.1) is 0 Å². The molecule has 3 aromatic rings. The highest BCUT2D eigenvalue weighted by molar-refractivity contribution is 5.96. The second-order valence-corrected chi connectivity index (χ2v) is 7.00. The van der Waals surface area contributed by atoms with Crippen molar-refractivity contribution in [2.45, 2.75) is 31.8 Å². The molecule has 0 radical (unpaired) electrons. The van der Waals surface area contributed by atoms with E-state index in [2.05, 4.69) is 20.3 Å². The number of fused-ring (bicyclic) bond motifs is 1. The molecule has 0 aromatic carbocycles. The third-order valence-corrected chi connectivity index (χ3v) is 5.00. The third kappa shape index (κ3) is 3.46. The van der Waals surface area contributed by atoms with E-state index in [1.165, 1.54) is 19.5 Å². The molecule has 4 heterocycles. The van der Waals surface area contributed by atoms with Gasteiger partial charge in [0.1, 0.15) is 17.7 Å². The number of pyridine rings is 1. The van der Waals surface area contributed by atoms with Gasteiger partial charge in [-0.1, -0.05) is 0 Å². The van der Waals surface area contributed by atoms with Crippen LogP contribution >= 0.6 is 0 Å². The van der Waals surface area contributed by atoms with Crippen LogP contribution in [0.15, 0.2) is 47.8 Å². The Labute approximate surface area is 166 Å². The van der Waals surface area contributed by atoms with Crippen LogP contribution in [0.4, 0.5) is 0 Å². The van der Waals surface area contributed by atoms with Crippen molar-refractivity contribution in [2.75, 3.05) is 7.11 Å². The van der Waals surface area contributed by atoms with Crippen molar-refractivity contribution < 1.29 is 9.53 Å². The lowest BCUT2D eigenvalue weighted by Gasteiger charge is -2.36. The molecule has 1 N–H and O–H groups in total. The first-order valence-corrected chi connectivity index (χ1v) is 9.22. The molecule has 3 aromatic heterocycles. The van der Waals surface area contributed by atoms with Gasteiger partial charge in [-0.2, -0.15) is 0 Å². The van der Waals surface area contributed by atoms with Gasteiger partial charge >= 0.3 is 0 Å². The van der Waals surface area contributed by atoms with Crippen LogP contribution in [0.1, 0.15) is 35.9 Å². The van der Waals surface area contributed by atoms with E-state index in [1.54, 1.807) is 35.2 Å². The Kier molecular flexibility index (Phi) is 4.79. The lowest BCUT2D eigenvalue weighted by molar-refractivity contribution is 0.0876. The number of hydrogen-bond acceptors (Lipinski definition) is 7. The molecule has 1 aliphatic heterocycles. The maximum atomic E-state index is 13.0. The lowest BCUT2D eigenvalue weighted by Crippen LogP contribution is -2.50. The molecule has 29 heavy (non-hydrogen) atoms. The maximum Gasteiger partial charge on any atom is 0.257 e. The number of amides is 1. The Morgan fingerprint density at radius 3 is 2.86 bits per heavy atom. The Balaban J connectivity index is 1.76. The summed E-state index contributed by atoms with van der Waals surface area (Å²) in [6, 6.07) is 6.47. The molecule has 9 heteroatoms. The van der Waals surface area contributed by atoms with Crippen LogP contribution in [0.25, 0.3) is 11.4 Å². The number of hydrogen-bond donors (Lipinski definition) is 1. The minimum atomic E-state index is -0.835. The molecule has 9 nitrogen and oxygen atoms in total. The highest BCUT2D eigenvalue weighted by Gasteiger charge is 2.37. The van der Waals surface area contributed by atoms with Crippen molar-refractivity contribution in [3.63, 3.8) is 0 Å². The van der Waals surface area contributed by atoms with E-state index in [1.807, 2.05) is 6.92 Å². The number of nitrogens with one attached hydrogen (secondary N) is 1. The molecule has 1 atom stereocenters. The van der Waals surface area contributed by atoms with E-state index in [0.717, 1.165) is 6.42 Å². The SMILES string of the molecule is COc1ncccc1C(=O)NC1(C)CCCn2c1nc(-c1ccncn1)cc2=O. The predicted molar refractivity (Wildman–Crippen MR) is 104 cm³/mol. The van der Waals surface area contributed by atoms with Gasteiger partial charge in [0.15, 0.2) is 0 Å². The molecule has 4 rings (SSSR count). The normalized spacial score (nSPS) is 18.0. The number of methoxy groups -OCH3 is 1. The van der Waals surface area contributed by atoms with Gasteiger partial charge in [0, 0.05) is 25.0 Å². The fraction of sp³-hybridized carbons (Fsp3) is 0.300. The Bertz CT molecular complexity index is 1110. The van der Waals surface area contributed by atoms with E-state index < -0.39 is 5.54 Å². The highest BCUT2D eigenvalue weighted by Crippen LogP contribution is 2.31. The minimum absolute atomic E-state index is 0.178. The first-order valence-electron chi connectivity index (χ1n) is 9.22. The second-order valence-electron chi connectivity index (χ2n) is 7.00. The summed E-state index contributed by atoms with van der Waals surface area (Å²) in [5, 5.41) is 3.03. The van der Waals surface area contributed by atoms with E-state index >= 15 is 0 Å². The average Bonchev–Trinajstić information content (AvgIpc) is 2.75. The van der Waals surface area contributed by atoms with Gasteiger partial charge in [-0.05, 0) is 38.0 Å². The van der Waals surface area contributed by atoms with Crippen molar-refractivity contribution in [3.8, 4) is 17.3 Å². The topological polar surface area (TPSA) is 112 Å². The predicted octanol–water partition coefficient (Wildman–Crippen LogP) is 1.54. The molecule has 0 fully saturated rings. The fourth-order valence-electron chi connectivity index (χ4n) is 3.58. The largest absolute Gasteiger partial charge is 0.480 e. The van der Waals surface area contributed by atoms with Gasteiger partial charge in [-0.3, -0.25) is 14.2 Å². The van der Waals surface area contributed by atoms with Crippen molar-refractivity contribution in [1.29, 1.82) is 0 Å². The molecular formula is C20H20N6O3. The monoisotopic (exact) mass is 392 g/mol. The van der Waals surface area contributed by atoms with Gasteiger partial charge in [0.05, 0.1) is 24.0 Å². The summed E-state index contributed by atoms with van der Waals surface area (Å²) in [6.45, 7) is 2.42. The molecule has 0 saturated carbocycles. The van der Waals surface area contributed by atoms with Gasteiger partial charge in [0.25, 0.3) is 11.5 Å². The number of nitrogens with zero attached hydrogens (tertiary/aromatic N) is 5. The highest BCUT2D eigenvalue weighted by atomic mass is 16.5. The van der Waals surface area contributed by atoms with Crippen LogP contribution in [0.2, 0.25) is 0 Å². The lowest BCUT2D eigenvalue weighted by atomic mass is 9.90. The van der Waals surface area contributed by atoms with Crippen LogP contribution in [-0.4, -0.2) is 37.5 Å². The smallest absolute Gasteiger partial charge is 0.257 e. The molecule has 0 aliphatic carbocycles. The van der Waals surface area contributed by atoms with Crippen LogP contribution < -0.4 is 15.6 Å². The standard InChI is InChI=1S/C20H20N6O3/c1-20(25-17(28)13-5-3-8-22-18(13)29-2)7-4-10-26-16(27)11-15(24-19(20)26)14-6-9-21-12-23-14/h3,5-6,8-9,11-12H,4,7,10H2,1-2H3,(H,25,28). The van der Waals surface area contributed by atoms with Gasteiger partial charge in [-0.15, -0.1) is 0 Å². The zero-order chi connectivity index (χ0) is 20.4. The van der Waals surface area contributed by atoms with E-state index in [9.17, 15) is 9.59 Å². The molecule has 0 bridgehead atoms. The summed E-state index contributed by atoms with van der Waals surface area (Å²) in [4.78, 5) is 42.6. The van der Waals surface area contributed by atoms with Crippen molar-refractivity contribution in [3.05, 3.63) is 64.7 Å².